The van der Waals surface area contributed by atoms with Crippen LogP contribution in [0.15, 0.2) is 60.7 Å². The lowest BCUT2D eigenvalue weighted by Crippen LogP contribution is -2.02. The molecule has 0 aliphatic carbocycles. The molecule has 0 bridgehead atoms. The Morgan fingerprint density at radius 1 is 0.722 bits per heavy atom. The maximum absolute atomic E-state index is 10.8. The predicted octanol–water partition coefficient (Wildman–Crippen LogP) is 5.31. The van der Waals surface area contributed by atoms with Gasteiger partial charge in [0.2, 0.25) is 0 Å². The topological polar surface area (TPSA) is 0 Å². The largest absolute Gasteiger partial charge is 0.388 e. The van der Waals surface area contributed by atoms with Gasteiger partial charge >= 0.3 is 6.18 Å². The molecule has 0 amide bonds. The number of benzene rings is 2. The monoisotopic (exact) mass is 252 g/mol. The van der Waals surface area contributed by atoms with Gasteiger partial charge in [-0.05, 0) is 11.1 Å². The van der Waals surface area contributed by atoms with Crippen LogP contribution in [-0.4, -0.2) is 6.18 Å². The van der Waals surface area contributed by atoms with E-state index in [-0.39, 0.29) is 0 Å². The fourth-order valence-electron chi connectivity index (χ4n) is 1.26. The van der Waals surface area contributed by atoms with Gasteiger partial charge in [-0.2, -0.15) is 13.2 Å². The van der Waals surface area contributed by atoms with Crippen LogP contribution in [0.3, 0.4) is 0 Å². The summed E-state index contributed by atoms with van der Waals surface area (Å²) < 4.78 is 32.4. The number of alkyl halides is 3. The molecule has 0 spiro atoms. The van der Waals surface area contributed by atoms with Crippen molar-refractivity contribution in [3.63, 3.8) is 0 Å². The normalized spacial score (nSPS) is 10.4. The second-order valence-electron chi connectivity index (χ2n) is 3.70. The van der Waals surface area contributed by atoms with Crippen LogP contribution in [0, 0.1) is 0 Å². The Morgan fingerprint density at radius 2 is 1.00 bits per heavy atom. The molecule has 3 heteroatoms. The minimum Gasteiger partial charge on any atom is -0.171 e. The Kier molecular flexibility index (Phi) is 5.43. The summed E-state index contributed by atoms with van der Waals surface area (Å²) in [5.41, 5.74) is 2.55. The summed E-state index contributed by atoms with van der Waals surface area (Å²) in [5.74, 6) is 0. The summed E-state index contributed by atoms with van der Waals surface area (Å²) in [6.07, 6.45) is -4.69. The molecule has 0 nitrogen and oxygen atoms in total. The minimum atomic E-state index is -3.96. The van der Waals surface area contributed by atoms with Gasteiger partial charge in [0.25, 0.3) is 0 Å². The molecule has 2 rings (SSSR count). The Morgan fingerprint density at radius 3 is 1.22 bits per heavy atom. The molecule has 2 aromatic rings. The van der Waals surface area contributed by atoms with Crippen molar-refractivity contribution in [2.24, 2.45) is 0 Å². The lowest BCUT2D eigenvalue weighted by molar-refractivity contribution is -0.130. The average molecular weight is 252 g/mol. The Labute approximate surface area is 105 Å². The average Bonchev–Trinajstić information content (AvgIpc) is 2.41. The quantitative estimate of drug-likeness (QED) is 0.645. The van der Waals surface area contributed by atoms with Crippen LogP contribution in [-0.2, 0) is 0 Å². The van der Waals surface area contributed by atoms with E-state index in [1.165, 1.54) is 11.1 Å². The second kappa shape index (κ2) is 6.84. The molecule has 0 radical (unpaired) electrons. The molecule has 96 valence electrons. The lowest BCUT2D eigenvalue weighted by Gasteiger charge is -1.98. The minimum absolute atomic E-state index is 0.729. The SMILES string of the molecule is CCC(F)(F)F.c1ccc(-c2ccccc2)cc1. The van der Waals surface area contributed by atoms with Crippen LogP contribution < -0.4 is 0 Å². The zero-order chi connectivity index (χ0) is 13.4. The van der Waals surface area contributed by atoms with Crippen molar-refractivity contribution in [1.29, 1.82) is 0 Å². The second-order valence-corrected chi connectivity index (χ2v) is 3.70. The third-order valence-corrected chi connectivity index (χ3v) is 2.28. The molecule has 0 fully saturated rings. The zero-order valence-corrected chi connectivity index (χ0v) is 10.1. The van der Waals surface area contributed by atoms with Crippen LogP contribution in [0.1, 0.15) is 13.3 Å². The van der Waals surface area contributed by atoms with Gasteiger partial charge in [0.15, 0.2) is 0 Å². The Balaban J connectivity index is 0.000000232. The lowest BCUT2D eigenvalue weighted by atomic mass is 10.1. The molecule has 18 heavy (non-hydrogen) atoms. The summed E-state index contributed by atoms with van der Waals surface area (Å²) in [6.45, 7) is 1.08. The molecule has 0 atom stereocenters. The molecular formula is C15H15F3. The fourth-order valence-corrected chi connectivity index (χ4v) is 1.26. The highest BCUT2D eigenvalue weighted by Crippen LogP contribution is 2.17. The summed E-state index contributed by atoms with van der Waals surface area (Å²) in [7, 11) is 0. The van der Waals surface area contributed by atoms with Crippen LogP contribution in [0.2, 0.25) is 0 Å². The van der Waals surface area contributed by atoms with Crippen molar-refractivity contribution < 1.29 is 13.2 Å². The van der Waals surface area contributed by atoms with Crippen molar-refractivity contribution in [3.05, 3.63) is 60.7 Å². The van der Waals surface area contributed by atoms with Gasteiger partial charge in [-0.15, -0.1) is 0 Å². The van der Waals surface area contributed by atoms with Crippen molar-refractivity contribution in [2.45, 2.75) is 19.5 Å². The van der Waals surface area contributed by atoms with Crippen molar-refractivity contribution in [2.75, 3.05) is 0 Å². The van der Waals surface area contributed by atoms with Gasteiger partial charge < -0.3 is 0 Å². The van der Waals surface area contributed by atoms with Crippen LogP contribution in [0.5, 0.6) is 0 Å². The first kappa shape index (κ1) is 14.3. The third-order valence-electron chi connectivity index (χ3n) is 2.28. The standard InChI is InChI=1S/C12H10.C3H5F3/c1-3-7-11(8-4-1)12-9-5-2-6-10-12;1-2-3(4,5)6/h1-10H;2H2,1H3. The van der Waals surface area contributed by atoms with Gasteiger partial charge in [0.1, 0.15) is 0 Å². The molecule has 2 aromatic carbocycles. The number of hydrogen-bond acceptors (Lipinski definition) is 0. The van der Waals surface area contributed by atoms with E-state index in [0.717, 1.165) is 6.92 Å². The molecule has 0 aliphatic heterocycles. The predicted molar refractivity (Wildman–Crippen MR) is 68.2 cm³/mol. The molecule has 0 heterocycles. The van der Waals surface area contributed by atoms with E-state index in [1.807, 2.05) is 12.1 Å². The summed E-state index contributed by atoms with van der Waals surface area (Å²) in [4.78, 5) is 0. The molecular weight excluding hydrogens is 237 g/mol. The van der Waals surface area contributed by atoms with Gasteiger partial charge in [-0.25, -0.2) is 0 Å². The number of rotatable bonds is 1. The number of halogens is 3. The molecule has 0 saturated heterocycles. The first-order valence-electron chi connectivity index (χ1n) is 5.70. The zero-order valence-electron chi connectivity index (χ0n) is 10.1. The highest BCUT2D eigenvalue weighted by molar-refractivity contribution is 5.62. The first-order valence-corrected chi connectivity index (χ1v) is 5.70. The summed E-state index contributed by atoms with van der Waals surface area (Å²) in [6, 6.07) is 20.8. The van der Waals surface area contributed by atoms with E-state index < -0.39 is 12.6 Å². The maximum Gasteiger partial charge on any atom is 0.388 e. The van der Waals surface area contributed by atoms with E-state index in [4.69, 9.17) is 0 Å². The van der Waals surface area contributed by atoms with Gasteiger partial charge in [-0.3, -0.25) is 0 Å². The molecule has 0 saturated carbocycles. The molecule has 0 aromatic heterocycles. The Bertz CT molecular complexity index is 395. The summed E-state index contributed by atoms with van der Waals surface area (Å²) in [5, 5.41) is 0. The smallest absolute Gasteiger partial charge is 0.171 e. The first-order chi connectivity index (χ1) is 8.53. The van der Waals surface area contributed by atoms with Crippen LogP contribution in [0.4, 0.5) is 13.2 Å². The Hall–Kier alpha value is -1.77. The van der Waals surface area contributed by atoms with Crippen LogP contribution >= 0.6 is 0 Å². The van der Waals surface area contributed by atoms with E-state index in [2.05, 4.69) is 48.5 Å². The maximum atomic E-state index is 10.8. The van der Waals surface area contributed by atoms with Crippen molar-refractivity contribution >= 4 is 0 Å². The van der Waals surface area contributed by atoms with E-state index in [9.17, 15) is 13.2 Å². The van der Waals surface area contributed by atoms with E-state index in [0.29, 0.717) is 0 Å². The number of hydrogen-bond donors (Lipinski definition) is 0. The van der Waals surface area contributed by atoms with Gasteiger partial charge in [-0.1, -0.05) is 67.6 Å². The molecule has 0 unspecified atom stereocenters. The molecule has 0 aliphatic rings. The fraction of sp³-hybridized carbons (Fsp3) is 0.200. The molecule has 0 N–H and O–H groups in total. The van der Waals surface area contributed by atoms with E-state index >= 15 is 0 Å². The third kappa shape index (κ3) is 5.53. The van der Waals surface area contributed by atoms with Crippen molar-refractivity contribution in [3.8, 4) is 11.1 Å². The summed E-state index contributed by atoms with van der Waals surface area (Å²) >= 11 is 0. The van der Waals surface area contributed by atoms with Gasteiger partial charge in [0, 0.05) is 6.42 Å². The van der Waals surface area contributed by atoms with Crippen LogP contribution in [0.25, 0.3) is 11.1 Å². The highest BCUT2D eigenvalue weighted by Gasteiger charge is 2.22. The van der Waals surface area contributed by atoms with Crippen molar-refractivity contribution in [1.82, 2.24) is 0 Å². The van der Waals surface area contributed by atoms with Gasteiger partial charge in [0.05, 0.1) is 0 Å². The van der Waals surface area contributed by atoms with E-state index in [1.54, 1.807) is 0 Å². The highest BCUT2D eigenvalue weighted by atomic mass is 19.4.